The molecule has 0 N–H and O–H groups in total. The molecule has 43 heavy (non-hydrogen) atoms. The minimum absolute atomic E-state index is 0.625. The molecule has 0 aliphatic rings. The molecule has 0 unspecified atom stereocenters. The van der Waals surface area contributed by atoms with Gasteiger partial charge in [-0.15, -0.1) is 0 Å². The van der Waals surface area contributed by atoms with E-state index in [0.29, 0.717) is 11.7 Å². The van der Waals surface area contributed by atoms with E-state index in [1.54, 1.807) is 0 Å². The Morgan fingerprint density at radius 3 is 1.63 bits per heavy atom. The Kier molecular flexibility index (Phi) is 6.08. The first-order valence-electron chi connectivity index (χ1n) is 14.3. The summed E-state index contributed by atoms with van der Waals surface area (Å²) in [6.45, 7) is 0. The van der Waals surface area contributed by atoms with Crippen molar-refractivity contribution in [2.24, 2.45) is 0 Å². The van der Waals surface area contributed by atoms with Gasteiger partial charge in [0.25, 0.3) is 0 Å². The first-order chi connectivity index (χ1) is 21.3. The van der Waals surface area contributed by atoms with Crippen molar-refractivity contribution < 1.29 is 4.42 Å². The maximum absolute atomic E-state index is 6.15. The van der Waals surface area contributed by atoms with E-state index >= 15 is 0 Å². The average molecular weight is 552 g/mol. The molecule has 8 aromatic rings. The van der Waals surface area contributed by atoms with Crippen LogP contribution in [0.4, 0.5) is 0 Å². The molecule has 0 radical (unpaired) electrons. The van der Waals surface area contributed by atoms with Gasteiger partial charge in [0.15, 0.2) is 11.4 Å². The molecule has 0 saturated heterocycles. The number of fused-ring (bicyclic) bond motifs is 3. The van der Waals surface area contributed by atoms with Gasteiger partial charge in [0.05, 0.1) is 11.4 Å². The highest BCUT2D eigenvalue weighted by molar-refractivity contribution is 6.05. The van der Waals surface area contributed by atoms with E-state index < -0.39 is 0 Å². The SMILES string of the molecule is c1ccc(-c2cc(-c3ccccc3)nc(-c3cccc(-c4ccc5ccc6oc(-c7ccccc7)nc6c5c4)c3)n2)cc1. The lowest BCUT2D eigenvalue weighted by molar-refractivity contribution is 0.620. The maximum atomic E-state index is 6.15. The number of rotatable bonds is 5. The van der Waals surface area contributed by atoms with Crippen molar-refractivity contribution in [2.45, 2.75) is 0 Å². The zero-order valence-electron chi connectivity index (χ0n) is 23.2. The molecule has 8 rings (SSSR count). The van der Waals surface area contributed by atoms with E-state index in [9.17, 15) is 0 Å². The monoisotopic (exact) mass is 551 g/mol. The van der Waals surface area contributed by atoms with Crippen molar-refractivity contribution >= 4 is 21.9 Å². The smallest absolute Gasteiger partial charge is 0.227 e. The van der Waals surface area contributed by atoms with Gasteiger partial charge in [-0.1, -0.05) is 115 Å². The number of benzene rings is 6. The second-order valence-electron chi connectivity index (χ2n) is 10.5. The lowest BCUT2D eigenvalue weighted by Gasteiger charge is -2.11. The molecule has 0 saturated carbocycles. The molecule has 0 aliphatic heterocycles. The van der Waals surface area contributed by atoms with E-state index in [4.69, 9.17) is 19.4 Å². The van der Waals surface area contributed by atoms with Crippen LogP contribution in [-0.2, 0) is 0 Å². The van der Waals surface area contributed by atoms with Crippen LogP contribution in [0.15, 0.2) is 156 Å². The van der Waals surface area contributed by atoms with Crippen molar-refractivity contribution in [1.82, 2.24) is 15.0 Å². The average Bonchev–Trinajstić information content (AvgIpc) is 3.54. The summed E-state index contributed by atoms with van der Waals surface area (Å²) in [6.07, 6.45) is 0. The quantitative estimate of drug-likeness (QED) is 0.214. The van der Waals surface area contributed by atoms with Gasteiger partial charge in [0.2, 0.25) is 5.89 Å². The Labute approximate surface area is 249 Å². The summed E-state index contributed by atoms with van der Waals surface area (Å²) >= 11 is 0. The molecule has 6 aromatic carbocycles. The summed E-state index contributed by atoms with van der Waals surface area (Å²) in [4.78, 5) is 14.9. The fourth-order valence-corrected chi connectivity index (χ4v) is 5.52. The minimum atomic E-state index is 0.625. The van der Waals surface area contributed by atoms with Crippen LogP contribution >= 0.6 is 0 Å². The molecule has 202 valence electrons. The molecule has 0 aliphatic carbocycles. The van der Waals surface area contributed by atoms with Gasteiger partial charge in [0.1, 0.15) is 5.52 Å². The predicted molar refractivity (Wildman–Crippen MR) is 174 cm³/mol. The number of hydrogen-bond acceptors (Lipinski definition) is 4. The van der Waals surface area contributed by atoms with Crippen LogP contribution in [0.1, 0.15) is 0 Å². The van der Waals surface area contributed by atoms with Crippen LogP contribution in [0.25, 0.3) is 78.4 Å². The summed E-state index contributed by atoms with van der Waals surface area (Å²) in [5, 5.41) is 2.17. The van der Waals surface area contributed by atoms with Crippen molar-refractivity contribution in [1.29, 1.82) is 0 Å². The van der Waals surface area contributed by atoms with E-state index in [1.165, 1.54) is 0 Å². The number of oxazole rings is 1. The zero-order chi connectivity index (χ0) is 28.6. The van der Waals surface area contributed by atoms with Crippen LogP contribution < -0.4 is 0 Å². The second kappa shape index (κ2) is 10.5. The third kappa shape index (κ3) is 4.75. The first-order valence-corrected chi connectivity index (χ1v) is 14.3. The number of nitrogens with zero attached hydrogens (tertiary/aromatic N) is 3. The molecule has 0 bridgehead atoms. The normalized spacial score (nSPS) is 11.3. The summed E-state index contributed by atoms with van der Waals surface area (Å²) < 4.78 is 6.15. The van der Waals surface area contributed by atoms with Gasteiger partial charge < -0.3 is 4.42 Å². The third-order valence-electron chi connectivity index (χ3n) is 7.72. The second-order valence-corrected chi connectivity index (χ2v) is 10.5. The van der Waals surface area contributed by atoms with Crippen LogP contribution in [0.3, 0.4) is 0 Å². The van der Waals surface area contributed by atoms with E-state index in [-0.39, 0.29) is 0 Å². The first kappa shape index (κ1) is 24.9. The molecular weight excluding hydrogens is 526 g/mol. The standard InChI is InChI=1S/C39H25N3O/c1-4-11-27(12-5-1)34-25-35(28-13-6-2-7-14-28)41-38(40-34)32-18-10-17-30(23-32)31-20-19-26-21-22-36-37(33(26)24-31)42-39(43-36)29-15-8-3-9-16-29/h1-25H. The molecule has 2 aromatic heterocycles. The zero-order valence-corrected chi connectivity index (χ0v) is 23.2. The van der Waals surface area contributed by atoms with Crippen LogP contribution in [0, 0.1) is 0 Å². The summed E-state index contributed by atoms with van der Waals surface area (Å²) in [6, 6.07) is 51.6. The van der Waals surface area contributed by atoms with E-state index in [2.05, 4.69) is 78.9 Å². The lowest BCUT2D eigenvalue weighted by Crippen LogP contribution is -1.96. The van der Waals surface area contributed by atoms with Gasteiger partial charge >= 0.3 is 0 Å². The third-order valence-corrected chi connectivity index (χ3v) is 7.72. The molecular formula is C39H25N3O. The summed E-state index contributed by atoms with van der Waals surface area (Å²) in [5.74, 6) is 1.31. The molecule has 0 atom stereocenters. The van der Waals surface area contributed by atoms with Gasteiger partial charge in [-0.3, -0.25) is 0 Å². The van der Waals surface area contributed by atoms with Crippen molar-refractivity contribution in [3.05, 3.63) is 152 Å². The van der Waals surface area contributed by atoms with Crippen LogP contribution in [0.5, 0.6) is 0 Å². The Hall–Kier alpha value is -5.87. The van der Waals surface area contributed by atoms with E-state index in [1.807, 2.05) is 72.8 Å². The summed E-state index contributed by atoms with van der Waals surface area (Å²) in [5.41, 5.74) is 9.62. The van der Waals surface area contributed by atoms with Crippen molar-refractivity contribution in [3.63, 3.8) is 0 Å². The highest BCUT2D eigenvalue weighted by atomic mass is 16.3. The fraction of sp³-hybridized carbons (Fsp3) is 0. The van der Waals surface area contributed by atoms with Crippen molar-refractivity contribution in [2.75, 3.05) is 0 Å². The molecule has 2 heterocycles. The largest absolute Gasteiger partial charge is 0.436 e. The van der Waals surface area contributed by atoms with Gasteiger partial charge in [0, 0.05) is 27.6 Å². The molecule has 0 spiro atoms. The maximum Gasteiger partial charge on any atom is 0.227 e. The van der Waals surface area contributed by atoms with Crippen molar-refractivity contribution in [3.8, 4) is 56.5 Å². The van der Waals surface area contributed by atoms with E-state index in [0.717, 1.165) is 66.6 Å². The minimum Gasteiger partial charge on any atom is -0.436 e. The van der Waals surface area contributed by atoms with Crippen LogP contribution in [-0.4, -0.2) is 15.0 Å². The fourth-order valence-electron chi connectivity index (χ4n) is 5.52. The lowest BCUT2D eigenvalue weighted by atomic mass is 9.98. The topological polar surface area (TPSA) is 51.8 Å². The van der Waals surface area contributed by atoms with Crippen LogP contribution in [0.2, 0.25) is 0 Å². The highest BCUT2D eigenvalue weighted by Crippen LogP contribution is 2.34. The molecule has 0 amide bonds. The number of hydrogen-bond donors (Lipinski definition) is 0. The molecule has 4 heteroatoms. The Morgan fingerprint density at radius 1 is 0.395 bits per heavy atom. The Bertz CT molecular complexity index is 2170. The predicted octanol–water partition coefficient (Wildman–Crippen LogP) is 10.1. The Morgan fingerprint density at radius 2 is 0.953 bits per heavy atom. The number of aromatic nitrogens is 3. The van der Waals surface area contributed by atoms with Gasteiger partial charge in [-0.2, -0.15) is 0 Å². The van der Waals surface area contributed by atoms with Gasteiger partial charge in [-0.05, 0) is 52.9 Å². The molecule has 0 fully saturated rings. The summed E-state index contributed by atoms with van der Waals surface area (Å²) in [7, 11) is 0. The highest BCUT2D eigenvalue weighted by Gasteiger charge is 2.14. The molecule has 4 nitrogen and oxygen atoms in total. The van der Waals surface area contributed by atoms with Gasteiger partial charge in [-0.25, -0.2) is 15.0 Å². The Balaban J connectivity index is 1.24.